The smallest absolute Gasteiger partial charge is 0.316 e. The third-order valence-electron chi connectivity index (χ3n) is 3.38. The fourth-order valence-electron chi connectivity index (χ4n) is 1.60. The van der Waals surface area contributed by atoms with E-state index in [1.807, 2.05) is 24.3 Å². The molecule has 0 fully saturated rings. The predicted octanol–water partition coefficient (Wildman–Crippen LogP) is 2.02. The van der Waals surface area contributed by atoms with Crippen molar-refractivity contribution in [2.24, 2.45) is 5.41 Å². The summed E-state index contributed by atoms with van der Waals surface area (Å²) in [4.78, 5) is 11.8. The monoisotopic (exact) mass is 280 g/mol. The van der Waals surface area contributed by atoms with E-state index < -0.39 is 24.6 Å². The maximum Gasteiger partial charge on any atom is 0.316 e. The van der Waals surface area contributed by atoms with Gasteiger partial charge in [0.2, 0.25) is 0 Å². The minimum atomic E-state index is -1.24. The zero-order valence-electron chi connectivity index (χ0n) is 12.6. The van der Waals surface area contributed by atoms with Gasteiger partial charge in [0.15, 0.2) is 0 Å². The molecule has 0 saturated carbocycles. The van der Waals surface area contributed by atoms with Crippen LogP contribution in [0.15, 0.2) is 24.3 Å². The molecule has 0 saturated heterocycles. The predicted molar refractivity (Wildman–Crippen MR) is 77.2 cm³/mol. The van der Waals surface area contributed by atoms with Crippen molar-refractivity contribution < 1.29 is 19.7 Å². The molecule has 0 heterocycles. The van der Waals surface area contributed by atoms with Gasteiger partial charge < -0.3 is 14.9 Å². The highest BCUT2D eigenvalue weighted by Crippen LogP contribution is 2.23. The standard InChI is InChI=1S/C16H24O4/c1-15(2,3)13-7-5-12(6-8-13)9-20-14(19)16(4,10-17)11-18/h5-8,17-18H,9-11H2,1-4H3. The van der Waals surface area contributed by atoms with Crippen LogP contribution >= 0.6 is 0 Å². The highest BCUT2D eigenvalue weighted by molar-refractivity contribution is 5.76. The van der Waals surface area contributed by atoms with Crippen LogP contribution in [-0.2, 0) is 21.6 Å². The van der Waals surface area contributed by atoms with Gasteiger partial charge >= 0.3 is 5.97 Å². The van der Waals surface area contributed by atoms with E-state index >= 15 is 0 Å². The fourth-order valence-corrected chi connectivity index (χ4v) is 1.60. The van der Waals surface area contributed by atoms with E-state index in [0.717, 1.165) is 5.56 Å². The summed E-state index contributed by atoms with van der Waals surface area (Å²) in [5.41, 5.74) is 0.931. The molecule has 0 bridgehead atoms. The number of aliphatic hydroxyl groups is 2. The molecule has 1 aromatic rings. The van der Waals surface area contributed by atoms with E-state index in [0.29, 0.717) is 0 Å². The van der Waals surface area contributed by atoms with E-state index in [1.165, 1.54) is 12.5 Å². The zero-order chi connectivity index (χ0) is 15.4. The molecule has 0 amide bonds. The Hall–Kier alpha value is -1.39. The summed E-state index contributed by atoms with van der Waals surface area (Å²) in [7, 11) is 0. The lowest BCUT2D eigenvalue weighted by Gasteiger charge is -2.22. The van der Waals surface area contributed by atoms with Gasteiger partial charge in [0.1, 0.15) is 12.0 Å². The minimum absolute atomic E-state index is 0.0849. The number of carbonyl (C=O) groups excluding carboxylic acids is 1. The Bertz CT molecular complexity index is 439. The molecule has 0 aliphatic carbocycles. The van der Waals surface area contributed by atoms with Crippen LogP contribution in [-0.4, -0.2) is 29.4 Å². The molecule has 0 aromatic heterocycles. The highest BCUT2D eigenvalue weighted by Gasteiger charge is 2.33. The van der Waals surface area contributed by atoms with Crippen molar-refractivity contribution in [1.82, 2.24) is 0 Å². The van der Waals surface area contributed by atoms with Gasteiger partial charge in [0, 0.05) is 0 Å². The Morgan fingerprint density at radius 1 is 1.05 bits per heavy atom. The Kier molecular flexibility index (Phi) is 5.31. The van der Waals surface area contributed by atoms with Gasteiger partial charge in [0.25, 0.3) is 0 Å². The molecular formula is C16H24O4. The van der Waals surface area contributed by atoms with Gasteiger partial charge in [-0.15, -0.1) is 0 Å². The maximum atomic E-state index is 11.8. The van der Waals surface area contributed by atoms with Gasteiger partial charge in [-0.2, -0.15) is 0 Å². The van der Waals surface area contributed by atoms with Gasteiger partial charge in [-0.25, -0.2) is 0 Å². The molecule has 0 aliphatic heterocycles. The van der Waals surface area contributed by atoms with E-state index in [-0.39, 0.29) is 12.0 Å². The first-order valence-corrected chi connectivity index (χ1v) is 6.71. The maximum absolute atomic E-state index is 11.8. The third kappa shape index (κ3) is 4.05. The quantitative estimate of drug-likeness (QED) is 0.810. The average Bonchev–Trinajstić information content (AvgIpc) is 2.43. The molecule has 0 unspecified atom stereocenters. The molecule has 1 aromatic carbocycles. The Morgan fingerprint density at radius 2 is 1.55 bits per heavy atom. The van der Waals surface area contributed by atoms with Gasteiger partial charge in [-0.05, 0) is 23.5 Å². The lowest BCUT2D eigenvalue weighted by Crippen LogP contribution is -2.36. The molecule has 0 spiro atoms. The second-order valence-electron chi connectivity index (χ2n) is 6.40. The molecule has 1 rings (SSSR count). The molecule has 112 valence electrons. The first-order chi connectivity index (χ1) is 9.23. The number of aliphatic hydroxyl groups excluding tert-OH is 2. The number of benzene rings is 1. The first-order valence-electron chi connectivity index (χ1n) is 6.71. The van der Waals surface area contributed by atoms with Gasteiger partial charge in [-0.1, -0.05) is 45.0 Å². The fraction of sp³-hybridized carbons (Fsp3) is 0.562. The van der Waals surface area contributed by atoms with Crippen LogP contribution in [0.4, 0.5) is 0 Å². The number of hydrogen-bond donors (Lipinski definition) is 2. The molecule has 4 nitrogen and oxygen atoms in total. The number of esters is 1. The second kappa shape index (κ2) is 6.37. The summed E-state index contributed by atoms with van der Waals surface area (Å²) < 4.78 is 5.14. The Balaban J connectivity index is 2.65. The summed E-state index contributed by atoms with van der Waals surface area (Å²) in [5, 5.41) is 18.2. The van der Waals surface area contributed by atoms with E-state index in [9.17, 15) is 4.79 Å². The average molecular weight is 280 g/mol. The van der Waals surface area contributed by atoms with Crippen LogP contribution in [0.25, 0.3) is 0 Å². The number of carbonyl (C=O) groups is 1. The third-order valence-corrected chi connectivity index (χ3v) is 3.38. The van der Waals surface area contributed by atoms with Crippen molar-refractivity contribution in [3.63, 3.8) is 0 Å². The molecule has 0 atom stereocenters. The van der Waals surface area contributed by atoms with Gasteiger partial charge in [0.05, 0.1) is 13.2 Å². The SMILES string of the molecule is CC(CO)(CO)C(=O)OCc1ccc(C(C)(C)C)cc1. The highest BCUT2D eigenvalue weighted by atomic mass is 16.5. The van der Waals surface area contributed by atoms with Gasteiger partial charge in [-0.3, -0.25) is 4.79 Å². The van der Waals surface area contributed by atoms with Crippen molar-refractivity contribution in [1.29, 1.82) is 0 Å². The van der Waals surface area contributed by atoms with Crippen LogP contribution in [0.3, 0.4) is 0 Å². The molecule has 0 radical (unpaired) electrons. The van der Waals surface area contributed by atoms with Crippen molar-refractivity contribution in [2.45, 2.75) is 39.7 Å². The number of ether oxygens (including phenoxy) is 1. The molecule has 2 N–H and O–H groups in total. The topological polar surface area (TPSA) is 66.8 Å². The van der Waals surface area contributed by atoms with Crippen LogP contribution < -0.4 is 0 Å². The van der Waals surface area contributed by atoms with Crippen LogP contribution in [0, 0.1) is 5.41 Å². The molecule has 0 aliphatic rings. The molecule has 4 heteroatoms. The second-order valence-corrected chi connectivity index (χ2v) is 6.40. The number of hydrogen-bond acceptors (Lipinski definition) is 4. The van der Waals surface area contributed by atoms with Crippen LogP contribution in [0.1, 0.15) is 38.8 Å². The first kappa shape index (κ1) is 16.7. The Morgan fingerprint density at radius 3 is 1.95 bits per heavy atom. The molecule has 20 heavy (non-hydrogen) atoms. The van der Waals surface area contributed by atoms with Crippen LogP contribution in [0.5, 0.6) is 0 Å². The van der Waals surface area contributed by atoms with Crippen molar-refractivity contribution >= 4 is 5.97 Å². The van der Waals surface area contributed by atoms with Crippen molar-refractivity contribution in [3.05, 3.63) is 35.4 Å². The summed E-state index contributed by atoms with van der Waals surface area (Å²) in [5.74, 6) is -0.595. The van der Waals surface area contributed by atoms with Crippen molar-refractivity contribution in [3.8, 4) is 0 Å². The van der Waals surface area contributed by atoms with E-state index in [2.05, 4.69) is 20.8 Å². The lowest BCUT2D eigenvalue weighted by molar-refractivity contribution is -0.161. The Labute approximate surface area is 120 Å². The van der Waals surface area contributed by atoms with E-state index in [1.54, 1.807) is 0 Å². The summed E-state index contributed by atoms with van der Waals surface area (Å²) in [6.07, 6.45) is 0. The normalized spacial score (nSPS) is 12.3. The summed E-state index contributed by atoms with van der Waals surface area (Å²) >= 11 is 0. The zero-order valence-corrected chi connectivity index (χ0v) is 12.6. The lowest BCUT2D eigenvalue weighted by atomic mass is 9.87. The summed E-state index contributed by atoms with van der Waals surface area (Å²) in [6, 6.07) is 7.87. The van der Waals surface area contributed by atoms with Crippen LogP contribution in [0.2, 0.25) is 0 Å². The van der Waals surface area contributed by atoms with E-state index in [4.69, 9.17) is 14.9 Å². The molecular weight excluding hydrogens is 256 g/mol. The summed E-state index contributed by atoms with van der Waals surface area (Å²) in [6.45, 7) is 7.13. The number of rotatable bonds is 5. The largest absolute Gasteiger partial charge is 0.460 e. The van der Waals surface area contributed by atoms with Crippen molar-refractivity contribution in [2.75, 3.05) is 13.2 Å². The minimum Gasteiger partial charge on any atom is -0.460 e.